The summed E-state index contributed by atoms with van der Waals surface area (Å²) in [5.74, 6) is 0.586. The fourth-order valence-electron chi connectivity index (χ4n) is 2.16. The van der Waals surface area contributed by atoms with Crippen LogP contribution in [-0.2, 0) is 22.7 Å². The molecule has 23 heavy (non-hydrogen) atoms. The molecule has 3 rings (SSSR count). The highest BCUT2D eigenvalue weighted by Gasteiger charge is 2.11. The van der Waals surface area contributed by atoms with E-state index in [9.17, 15) is 4.79 Å². The second-order valence-corrected chi connectivity index (χ2v) is 5.14. The van der Waals surface area contributed by atoms with E-state index in [2.05, 4.69) is 19.9 Å². The predicted octanol–water partition coefficient (Wildman–Crippen LogP) is 1.53. The Balaban J connectivity index is 1.48. The van der Waals surface area contributed by atoms with Gasteiger partial charge < -0.3 is 14.6 Å². The summed E-state index contributed by atoms with van der Waals surface area (Å²) in [6.45, 7) is 0.661. The summed E-state index contributed by atoms with van der Waals surface area (Å²) in [4.78, 5) is 29.3. The molecule has 0 aliphatic heterocycles. The molecule has 2 aromatic heterocycles. The zero-order valence-electron chi connectivity index (χ0n) is 12.8. The molecular weight excluding hydrogens is 294 g/mol. The zero-order chi connectivity index (χ0) is 16.1. The van der Waals surface area contributed by atoms with E-state index in [-0.39, 0.29) is 19.1 Å². The Hall–Kier alpha value is -2.80. The number of H-pyrrole nitrogens is 1. The molecular formula is C16H17N5O2. The van der Waals surface area contributed by atoms with Gasteiger partial charge in [0.1, 0.15) is 19.0 Å². The summed E-state index contributed by atoms with van der Waals surface area (Å²) in [6, 6.07) is 7.75. The molecule has 3 aromatic rings. The van der Waals surface area contributed by atoms with Crippen LogP contribution in [0, 0.1) is 0 Å². The van der Waals surface area contributed by atoms with Crippen LogP contribution in [-0.4, -0.2) is 44.4 Å². The quantitative estimate of drug-likeness (QED) is 0.746. The fraction of sp³-hybridized carbons (Fsp3) is 0.250. The average molecular weight is 311 g/mol. The van der Waals surface area contributed by atoms with Gasteiger partial charge in [0, 0.05) is 19.4 Å². The van der Waals surface area contributed by atoms with Gasteiger partial charge in [-0.05, 0) is 12.1 Å². The van der Waals surface area contributed by atoms with Crippen molar-refractivity contribution >= 4 is 16.9 Å². The van der Waals surface area contributed by atoms with Crippen molar-refractivity contribution in [2.45, 2.75) is 13.2 Å². The third-order valence-electron chi connectivity index (χ3n) is 3.34. The van der Waals surface area contributed by atoms with Gasteiger partial charge in [0.25, 0.3) is 0 Å². The molecule has 0 atom stereocenters. The standard InChI is InChI=1S/C16H17N5O2/c1-21(9-12-8-17-6-7-18-12)16(22)11-23-10-15-19-13-4-2-3-5-14(13)20-15/h2-8H,9-11H2,1H3,(H,19,20). The van der Waals surface area contributed by atoms with Crippen molar-refractivity contribution in [1.82, 2.24) is 24.8 Å². The number of hydrogen-bond donors (Lipinski definition) is 1. The number of aromatic nitrogens is 4. The van der Waals surface area contributed by atoms with Crippen LogP contribution >= 0.6 is 0 Å². The summed E-state index contributed by atoms with van der Waals surface area (Å²) >= 11 is 0. The predicted molar refractivity (Wildman–Crippen MR) is 84.3 cm³/mol. The third kappa shape index (κ3) is 3.89. The van der Waals surface area contributed by atoms with Gasteiger partial charge in [-0.3, -0.25) is 14.8 Å². The molecule has 1 aromatic carbocycles. The first-order valence-corrected chi connectivity index (χ1v) is 7.22. The second kappa shape index (κ2) is 6.97. The number of imidazole rings is 1. The number of likely N-dealkylation sites (N-methyl/N-ethyl adjacent to an activating group) is 1. The molecule has 0 saturated heterocycles. The summed E-state index contributed by atoms with van der Waals surface area (Å²) < 4.78 is 5.45. The Morgan fingerprint density at radius 2 is 2.17 bits per heavy atom. The van der Waals surface area contributed by atoms with Crippen LogP contribution in [0.2, 0.25) is 0 Å². The Morgan fingerprint density at radius 3 is 2.96 bits per heavy atom. The monoisotopic (exact) mass is 311 g/mol. The van der Waals surface area contributed by atoms with E-state index < -0.39 is 0 Å². The van der Waals surface area contributed by atoms with E-state index in [0.717, 1.165) is 16.7 Å². The first kappa shape index (κ1) is 15.1. The molecule has 0 saturated carbocycles. The van der Waals surface area contributed by atoms with E-state index in [1.54, 1.807) is 30.5 Å². The Morgan fingerprint density at radius 1 is 1.30 bits per heavy atom. The first-order chi connectivity index (χ1) is 11.2. The maximum Gasteiger partial charge on any atom is 0.248 e. The molecule has 7 nitrogen and oxygen atoms in total. The van der Waals surface area contributed by atoms with Gasteiger partial charge in [0.2, 0.25) is 5.91 Å². The van der Waals surface area contributed by atoms with Gasteiger partial charge >= 0.3 is 0 Å². The number of nitrogens with one attached hydrogen (secondary N) is 1. The largest absolute Gasteiger partial charge is 0.364 e. The van der Waals surface area contributed by atoms with E-state index in [1.165, 1.54) is 0 Å². The lowest BCUT2D eigenvalue weighted by molar-refractivity contribution is -0.135. The lowest BCUT2D eigenvalue weighted by Gasteiger charge is -2.16. The van der Waals surface area contributed by atoms with Crippen molar-refractivity contribution in [3.05, 3.63) is 54.4 Å². The number of fused-ring (bicyclic) bond motifs is 1. The number of hydrogen-bond acceptors (Lipinski definition) is 5. The van der Waals surface area contributed by atoms with Gasteiger partial charge in [-0.2, -0.15) is 0 Å². The molecule has 1 amide bonds. The SMILES string of the molecule is CN(Cc1cnccn1)C(=O)COCc1nc2ccccc2[nH]1. The molecule has 118 valence electrons. The molecule has 7 heteroatoms. The smallest absolute Gasteiger partial charge is 0.248 e. The normalized spacial score (nSPS) is 10.8. The van der Waals surface area contributed by atoms with Crippen molar-refractivity contribution in [3.8, 4) is 0 Å². The molecule has 2 heterocycles. The maximum atomic E-state index is 12.0. The van der Waals surface area contributed by atoms with Crippen molar-refractivity contribution in [3.63, 3.8) is 0 Å². The van der Waals surface area contributed by atoms with Crippen molar-refractivity contribution < 1.29 is 9.53 Å². The lowest BCUT2D eigenvalue weighted by Crippen LogP contribution is -2.30. The van der Waals surface area contributed by atoms with Gasteiger partial charge in [0.05, 0.1) is 29.5 Å². The topological polar surface area (TPSA) is 84.0 Å². The van der Waals surface area contributed by atoms with Gasteiger partial charge in [-0.25, -0.2) is 4.98 Å². The fourth-order valence-corrected chi connectivity index (χ4v) is 2.16. The summed E-state index contributed by atoms with van der Waals surface area (Å²) in [7, 11) is 1.71. The number of benzene rings is 1. The third-order valence-corrected chi connectivity index (χ3v) is 3.34. The number of aromatic amines is 1. The molecule has 0 bridgehead atoms. The molecule has 0 radical (unpaired) electrons. The molecule has 0 aliphatic rings. The van der Waals surface area contributed by atoms with Gasteiger partial charge in [0.15, 0.2) is 0 Å². The molecule has 1 N–H and O–H groups in total. The molecule has 0 unspecified atom stereocenters. The highest BCUT2D eigenvalue weighted by molar-refractivity contribution is 5.77. The minimum absolute atomic E-state index is 0.00614. The number of nitrogens with zero attached hydrogens (tertiary/aromatic N) is 4. The van der Waals surface area contributed by atoms with Crippen LogP contribution in [0.1, 0.15) is 11.5 Å². The Bertz CT molecular complexity index is 754. The maximum absolute atomic E-state index is 12.0. The summed E-state index contributed by atoms with van der Waals surface area (Å²) in [6.07, 6.45) is 4.84. The average Bonchev–Trinajstić information content (AvgIpc) is 2.98. The Labute approximate surface area is 133 Å². The van der Waals surface area contributed by atoms with Gasteiger partial charge in [-0.1, -0.05) is 12.1 Å². The van der Waals surface area contributed by atoms with Crippen LogP contribution in [0.4, 0.5) is 0 Å². The van der Waals surface area contributed by atoms with E-state index in [0.29, 0.717) is 12.4 Å². The summed E-state index contributed by atoms with van der Waals surface area (Å²) in [5.41, 5.74) is 2.58. The van der Waals surface area contributed by atoms with Crippen LogP contribution in [0.25, 0.3) is 11.0 Å². The second-order valence-electron chi connectivity index (χ2n) is 5.14. The van der Waals surface area contributed by atoms with E-state index >= 15 is 0 Å². The highest BCUT2D eigenvalue weighted by atomic mass is 16.5. The number of amides is 1. The minimum Gasteiger partial charge on any atom is -0.364 e. The van der Waals surface area contributed by atoms with E-state index in [1.807, 2.05) is 24.3 Å². The molecule has 0 aliphatic carbocycles. The lowest BCUT2D eigenvalue weighted by atomic mass is 10.3. The van der Waals surface area contributed by atoms with Crippen LogP contribution in [0.15, 0.2) is 42.9 Å². The number of carbonyl (C=O) groups excluding carboxylic acids is 1. The van der Waals surface area contributed by atoms with Gasteiger partial charge in [-0.15, -0.1) is 0 Å². The molecule has 0 fully saturated rings. The number of rotatable bonds is 6. The minimum atomic E-state index is -0.119. The van der Waals surface area contributed by atoms with Crippen molar-refractivity contribution in [2.24, 2.45) is 0 Å². The highest BCUT2D eigenvalue weighted by Crippen LogP contribution is 2.10. The van der Waals surface area contributed by atoms with Crippen molar-refractivity contribution in [2.75, 3.05) is 13.7 Å². The van der Waals surface area contributed by atoms with Crippen LogP contribution in [0.5, 0.6) is 0 Å². The number of para-hydroxylation sites is 2. The summed E-state index contributed by atoms with van der Waals surface area (Å²) in [5, 5.41) is 0. The van der Waals surface area contributed by atoms with Crippen molar-refractivity contribution in [1.29, 1.82) is 0 Å². The first-order valence-electron chi connectivity index (χ1n) is 7.22. The molecule has 0 spiro atoms. The number of carbonyl (C=O) groups is 1. The number of ether oxygens (including phenoxy) is 1. The Kier molecular flexibility index (Phi) is 4.58. The van der Waals surface area contributed by atoms with Crippen LogP contribution < -0.4 is 0 Å². The van der Waals surface area contributed by atoms with Crippen LogP contribution in [0.3, 0.4) is 0 Å². The van der Waals surface area contributed by atoms with E-state index in [4.69, 9.17) is 4.74 Å². The zero-order valence-corrected chi connectivity index (χ0v) is 12.8.